The third-order valence-corrected chi connectivity index (χ3v) is 0.671. The normalized spacial score (nSPS) is 8.57. The zero-order valence-electron chi connectivity index (χ0n) is 4.86. The molecule has 0 saturated heterocycles. The van der Waals surface area contributed by atoms with Crippen molar-refractivity contribution in [3.63, 3.8) is 0 Å². The molecule has 0 spiro atoms. The van der Waals surface area contributed by atoms with Crippen LogP contribution in [0.25, 0.3) is 0 Å². The van der Waals surface area contributed by atoms with Gasteiger partial charge in [0, 0.05) is 0 Å². The van der Waals surface area contributed by atoms with Gasteiger partial charge >= 0.3 is 25.8 Å². The van der Waals surface area contributed by atoms with Gasteiger partial charge in [0.05, 0.1) is 0 Å². The molecule has 0 radical (unpaired) electrons. The van der Waals surface area contributed by atoms with Gasteiger partial charge in [-0.15, -0.1) is 0 Å². The van der Waals surface area contributed by atoms with Crippen molar-refractivity contribution in [2.75, 3.05) is 20.6 Å². The molecule has 0 aliphatic heterocycles. The molecule has 0 aromatic carbocycles. The van der Waals surface area contributed by atoms with Gasteiger partial charge in [-0.3, -0.25) is 0 Å². The maximum absolute atomic E-state index is 2.18. The van der Waals surface area contributed by atoms with Crippen molar-refractivity contribution in [3.05, 3.63) is 0 Å². The molecular weight excluding hydrogens is 189 g/mol. The molecule has 7 heavy (non-hydrogen) atoms. The molecular formula is C5H16InN. The first-order valence-corrected chi connectivity index (χ1v) is 2.42. The Bertz CT molecular complexity index is 29.3. The quantitative estimate of drug-likeness (QED) is 0.602. The van der Waals surface area contributed by atoms with E-state index in [0.717, 1.165) is 0 Å². The summed E-state index contributed by atoms with van der Waals surface area (Å²) in [5, 5.41) is 0. The second-order valence-electron chi connectivity index (χ2n) is 1.80. The molecule has 44 valence electrons. The van der Waals surface area contributed by atoms with Gasteiger partial charge in [0.15, 0.2) is 0 Å². The van der Waals surface area contributed by atoms with E-state index in [2.05, 4.69) is 25.9 Å². The Balaban J connectivity index is 0. The van der Waals surface area contributed by atoms with Crippen LogP contribution in [0.1, 0.15) is 13.3 Å². The predicted octanol–water partition coefficient (Wildman–Crippen LogP) is -0.226. The summed E-state index contributed by atoms with van der Waals surface area (Å²) in [6, 6.07) is 0. The van der Waals surface area contributed by atoms with Crippen molar-refractivity contribution in [1.82, 2.24) is 4.90 Å². The van der Waals surface area contributed by atoms with Crippen LogP contribution in [0.3, 0.4) is 0 Å². The van der Waals surface area contributed by atoms with E-state index < -0.39 is 0 Å². The topological polar surface area (TPSA) is 3.24 Å². The molecule has 0 aromatic rings. The molecule has 0 rings (SSSR count). The Morgan fingerprint density at radius 1 is 1.29 bits per heavy atom. The third kappa shape index (κ3) is 10.9. The fraction of sp³-hybridized carbons (Fsp3) is 1.00. The third-order valence-electron chi connectivity index (χ3n) is 0.671. The number of rotatable bonds is 2. The van der Waals surface area contributed by atoms with E-state index in [4.69, 9.17) is 0 Å². The van der Waals surface area contributed by atoms with Gasteiger partial charge in [-0.1, -0.05) is 6.92 Å². The van der Waals surface area contributed by atoms with E-state index in [9.17, 15) is 0 Å². The van der Waals surface area contributed by atoms with E-state index >= 15 is 0 Å². The van der Waals surface area contributed by atoms with Crippen LogP contribution in [-0.4, -0.2) is 51.4 Å². The van der Waals surface area contributed by atoms with Crippen LogP contribution in [0.15, 0.2) is 0 Å². The average Bonchev–Trinajstić information content (AvgIpc) is 1.35. The predicted molar refractivity (Wildman–Crippen MR) is 38.8 cm³/mol. The van der Waals surface area contributed by atoms with Gasteiger partial charge in [-0.25, -0.2) is 0 Å². The molecule has 2 heteroatoms. The van der Waals surface area contributed by atoms with Gasteiger partial charge in [0.2, 0.25) is 0 Å². The molecule has 0 bridgehead atoms. The Morgan fingerprint density at radius 2 is 1.71 bits per heavy atom. The minimum atomic E-state index is 0. The first-order valence-electron chi connectivity index (χ1n) is 2.42. The average molecular weight is 205 g/mol. The molecule has 0 saturated carbocycles. The Morgan fingerprint density at radius 3 is 1.71 bits per heavy atom. The second-order valence-corrected chi connectivity index (χ2v) is 1.80. The standard InChI is InChI=1S/C5H13N.In.3H/c1-4-5-6(2)3;;;;/h4-5H2,1-3H3;;;;. The summed E-state index contributed by atoms with van der Waals surface area (Å²) < 4.78 is 0. The molecule has 1 nitrogen and oxygen atoms in total. The van der Waals surface area contributed by atoms with Crippen LogP contribution in [-0.2, 0) is 0 Å². The number of nitrogens with zero attached hydrogens (tertiary/aromatic N) is 1. The van der Waals surface area contributed by atoms with E-state index in [0.29, 0.717) is 0 Å². The van der Waals surface area contributed by atoms with Gasteiger partial charge in [-0.2, -0.15) is 0 Å². The number of hydrogen-bond acceptors (Lipinski definition) is 1. The molecule has 0 aromatic heterocycles. The summed E-state index contributed by atoms with van der Waals surface area (Å²) in [6.07, 6.45) is 1.26. The van der Waals surface area contributed by atoms with Crippen molar-refractivity contribution in [3.8, 4) is 0 Å². The van der Waals surface area contributed by atoms with E-state index in [1.54, 1.807) is 0 Å². The summed E-state index contributed by atoms with van der Waals surface area (Å²) >= 11 is 0. The maximum atomic E-state index is 2.18. The zero-order chi connectivity index (χ0) is 4.99. The van der Waals surface area contributed by atoms with Crippen LogP contribution < -0.4 is 0 Å². The SMILES string of the molecule is CCCN(C)C.[InH3]. The van der Waals surface area contributed by atoms with Crippen molar-refractivity contribution in [2.24, 2.45) is 0 Å². The monoisotopic (exact) mass is 205 g/mol. The van der Waals surface area contributed by atoms with Crippen molar-refractivity contribution in [2.45, 2.75) is 13.3 Å². The van der Waals surface area contributed by atoms with E-state index in [-0.39, 0.29) is 25.8 Å². The summed E-state index contributed by atoms with van der Waals surface area (Å²) in [4.78, 5) is 2.18. The van der Waals surface area contributed by atoms with Crippen LogP contribution >= 0.6 is 0 Å². The van der Waals surface area contributed by atoms with Gasteiger partial charge in [-0.05, 0) is 27.1 Å². The molecule has 0 unspecified atom stereocenters. The van der Waals surface area contributed by atoms with Gasteiger partial charge < -0.3 is 4.90 Å². The van der Waals surface area contributed by atoms with Crippen molar-refractivity contribution < 1.29 is 0 Å². The molecule has 0 N–H and O–H groups in total. The summed E-state index contributed by atoms with van der Waals surface area (Å²) in [5.41, 5.74) is 0. The summed E-state index contributed by atoms with van der Waals surface area (Å²) in [6.45, 7) is 3.39. The fourth-order valence-corrected chi connectivity index (χ4v) is 0.447. The second kappa shape index (κ2) is 6.83. The van der Waals surface area contributed by atoms with Crippen molar-refractivity contribution in [1.29, 1.82) is 0 Å². The Hall–Kier alpha value is 0.830. The Kier molecular flexibility index (Phi) is 10.5. The summed E-state index contributed by atoms with van der Waals surface area (Å²) in [5.74, 6) is 0. The minimum absolute atomic E-state index is 0. The van der Waals surface area contributed by atoms with Crippen LogP contribution in [0.5, 0.6) is 0 Å². The first-order chi connectivity index (χ1) is 2.77. The van der Waals surface area contributed by atoms with Crippen molar-refractivity contribution >= 4 is 25.8 Å². The molecule has 0 heterocycles. The zero-order valence-corrected chi connectivity index (χ0v) is 4.86. The van der Waals surface area contributed by atoms with Gasteiger partial charge in [0.25, 0.3) is 0 Å². The van der Waals surface area contributed by atoms with Gasteiger partial charge in [0.1, 0.15) is 0 Å². The molecule has 0 aliphatic carbocycles. The fourth-order valence-electron chi connectivity index (χ4n) is 0.447. The molecule has 0 atom stereocenters. The molecule has 0 aliphatic rings. The van der Waals surface area contributed by atoms with Crippen LogP contribution in [0, 0.1) is 0 Å². The molecule has 0 fully saturated rings. The van der Waals surface area contributed by atoms with E-state index in [1.807, 2.05) is 0 Å². The number of hydrogen-bond donors (Lipinski definition) is 0. The Labute approximate surface area is 64.9 Å². The van der Waals surface area contributed by atoms with Crippen LogP contribution in [0.2, 0.25) is 0 Å². The molecule has 0 amide bonds. The summed E-state index contributed by atoms with van der Waals surface area (Å²) in [7, 11) is 4.17. The van der Waals surface area contributed by atoms with E-state index in [1.165, 1.54) is 13.0 Å². The first kappa shape index (κ1) is 10.7. The van der Waals surface area contributed by atoms with Crippen LogP contribution in [0.4, 0.5) is 0 Å².